The van der Waals surface area contributed by atoms with Crippen molar-refractivity contribution in [3.63, 3.8) is 0 Å². The van der Waals surface area contributed by atoms with Gasteiger partial charge >= 0.3 is 0 Å². The number of rotatable bonds is 6. The van der Waals surface area contributed by atoms with E-state index in [1.54, 1.807) is 0 Å². The van der Waals surface area contributed by atoms with Crippen LogP contribution in [-0.4, -0.2) is 34.1 Å². The third-order valence-corrected chi connectivity index (χ3v) is 7.21. The highest BCUT2D eigenvalue weighted by atomic mass is 35.5. The number of benzene rings is 1. The van der Waals surface area contributed by atoms with Crippen molar-refractivity contribution in [1.82, 2.24) is 0 Å². The number of halogens is 1. The highest BCUT2D eigenvalue weighted by molar-refractivity contribution is 5.85. The Balaban J connectivity index is 0.00000196. The Morgan fingerprint density at radius 1 is 1.00 bits per heavy atom. The van der Waals surface area contributed by atoms with Gasteiger partial charge in [0.15, 0.2) is 0 Å². The Morgan fingerprint density at radius 2 is 1.54 bits per heavy atom. The Morgan fingerprint density at radius 3 is 2.04 bits per heavy atom. The summed E-state index contributed by atoms with van der Waals surface area (Å²) in [4.78, 5) is 0. The van der Waals surface area contributed by atoms with Gasteiger partial charge in [-0.05, 0) is 86.2 Å². The molecular formula is C21H32ClNO3. The fourth-order valence-corrected chi connectivity index (χ4v) is 6.21. The Labute approximate surface area is 162 Å². The lowest BCUT2D eigenvalue weighted by Gasteiger charge is -2.57. The topological polar surface area (TPSA) is 86.7 Å². The van der Waals surface area contributed by atoms with Crippen LogP contribution < -0.4 is 5.73 Å². The van der Waals surface area contributed by atoms with Crippen LogP contribution in [0.3, 0.4) is 0 Å². The van der Waals surface area contributed by atoms with Crippen molar-refractivity contribution in [3.8, 4) is 5.75 Å². The molecule has 1 aromatic carbocycles. The second-order valence-electron chi connectivity index (χ2n) is 9.23. The molecule has 5 rings (SSSR count). The maximum Gasteiger partial charge on any atom is 0.119 e. The molecule has 0 atom stereocenters. The molecule has 0 saturated heterocycles. The third kappa shape index (κ3) is 3.49. The first kappa shape index (κ1) is 19.9. The van der Waals surface area contributed by atoms with Crippen molar-refractivity contribution in [2.24, 2.45) is 23.5 Å². The second-order valence-corrected chi connectivity index (χ2v) is 9.23. The van der Waals surface area contributed by atoms with E-state index in [0.29, 0.717) is 18.6 Å². The Kier molecular flexibility index (Phi) is 5.60. The lowest BCUT2D eigenvalue weighted by Crippen LogP contribution is -2.48. The van der Waals surface area contributed by atoms with Gasteiger partial charge in [0.05, 0.1) is 18.8 Å². The van der Waals surface area contributed by atoms with Crippen LogP contribution in [0.2, 0.25) is 0 Å². The molecule has 0 amide bonds. The molecule has 5 heteroatoms. The summed E-state index contributed by atoms with van der Waals surface area (Å²) in [5.74, 6) is 2.97. The first-order valence-electron chi connectivity index (χ1n) is 9.78. The molecule has 4 fully saturated rings. The molecule has 5 N–H and O–H groups in total. The van der Waals surface area contributed by atoms with Gasteiger partial charge in [0, 0.05) is 5.56 Å². The normalized spacial score (nSPS) is 32.5. The van der Waals surface area contributed by atoms with Crippen LogP contribution in [0.25, 0.3) is 0 Å². The highest BCUT2D eigenvalue weighted by Crippen LogP contribution is 2.61. The molecule has 1 aromatic rings. The number of aliphatic hydroxyl groups is 2. The van der Waals surface area contributed by atoms with Gasteiger partial charge < -0.3 is 21.1 Å². The first-order chi connectivity index (χ1) is 12.0. The quantitative estimate of drug-likeness (QED) is 0.610. The van der Waals surface area contributed by atoms with E-state index in [1.165, 1.54) is 38.5 Å². The van der Waals surface area contributed by atoms with E-state index < -0.39 is 5.54 Å². The number of aliphatic hydroxyl groups excluding tert-OH is 2. The number of hydrogen-bond donors (Lipinski definition) is 4. The van der Waals surface area contributed by atoms with Crippen LogP contribution in [-0.2, 0) is 11.8 Å². The minimum Gasteiger partial charge on any atom is -0.508 e. The van der Waals surface area contributed by atoms with Crippen molar-refractivity contribution in [3.05, 3.63) is 29.3 Å². The Bertz CT molecular complexity index is 609. The summed E-state index contributed by atoms with van der Waals surface area (Å²) in [5, 5.41) is 29.4. The van der Waals surface area contributed by atoms with E-state index in [9.17, 15) is 15.3 Å². The summed E-state index contributed by atoms with van der Waals surface area (Å²) < 4.78 is 0. The molecule has 0 unspecified atom stereocenters. The molecule has 0 aliphatic heterocycles. The largest absolute Gasteiger partial charge is 0.508 e. The van der Waals surface area contributed by atoms with Crippen molar-refractivity contribution in [2.75, 3.05) is 13.2 Å². The summed E-state index contributed by atoms with van der Waals surface area (Å²) in [7, 11) is 0. The zero-order valence-corrected chi connectivity index (χ0v) is 16.2. The molecule has 4 aliphatic rings. The number of aryl methyl sites for hydroxylation is 1. The summed E-state index contributed by atoms with van der Waals surface area (Å²) in [6.07, 6.45) is 9.09. The third-order valence-electron chi connectivity index (χ3n) is 7.21. The van der Waals surface area contributed by atoms with Crippen LogP contribution in [0, 0.1) is 17.8 Å². The molecule has 26 heavy (non-hydrogen) atoms. The van der Waals surface area contributed by atoms with Crippen LogP contribution in [0.15, 0.2) is 18.2 Å². The number of phenols is 1. The van der Waals surface area contributed by atoms with Gasteiger partial charge in [-0.1, -0.05) is 12.1 Å². The van der Waals surface area contributed by atoms with E-state index in [-0.39, 0.29) is 31.0 Å². The molecule has 0 heterocycles. The molecule has 0 spiro atoms. The van der Waals surface area contributed by atoms with Gasteiger partial charge in [-0.25, -0.2) is 0 Å². The van der Waals surface area contributed by atoms with Gasteiger partial charge in [0.1, 0.15) is 5.75 Å². The average molecular weight is 382 g/mol. The van der Waals surface area contributed by atoms with Gasteiger partial charge in [-0.15, -0.1) is 12.4 Å². The summed E-state index contributed by atoms with van der Waals surface area (Å²) >= 11 is 0. The molecule has 4 aliphatic carbocycles. The highest BCUT2D eigenvalue weighted by Gasteiger charge is 2.52. The summed E-state index contributed by atoms with van der Waals surface area (Å²) in [6.45, 7) is -0.438. The van der Waals surface area contributed by atoms with E-state index >= 15 is 0 Å². The number of nitrogens with two attached hydrogens (primary N) is 1. The standard InChI is InChI=1S/C21H31NO3.ClH/c22-21(12-23,13-24)4-3-14-1-2-19(25)18(8-14)20-9-15-5-16(10-20)7-17(6-15)11-20;/h1-2,8,15-17,23-25H,3-7,9-13,22H2;1H. The van der Waals surface area contributed by atoms with Crippen molar-refractivity contribution in [2.45, 2.75) is 62.3 Å². The smallest absolute Gasteiger partial charge is 0.119 e. The SMILES string of the molecule is Cl.NC(CO)(CO)CCc1ccc(O)c(C23CC4CC(CC(C4)C2)C3)c1. The minimum atomic E-state index is -0.932. The second kappa shape index (κ2) is 7.31. The van der Waals surface area contributed by atoms with Gasteiger partial charge in [0.25, 0.3) is 0 Å². The van der Waals surface area contributed by atoms with Gasteiger partial charge in [0.2, 0.25) is 0 Å². The molecule has 4 bridgehead atoms. The average Bonchev–Trinajstić information content (AvgIpc) is 2.59. The van der Waals surface area contributed by atoms with E-state index in [2.05, 4.69) is 6.07 Å². The van der Waals surface area contributed by atoms with Crippen molar-refractivity contribution in [1.29, 1.82) is 0 Å². The maximum atomic E-state index is 10.6. The molecule has 146 valence electrons. The predicted octanol–water partition coefficient (Wildman–Crippen LogP) is 2.90. The fraction of sp³-hybridized carbons (Fsp3) is 0.714. The van der Waals surface area contributed by atoms with Crippen LogP contribution in [0.1, 0.15) is 56.1 Å². The maximum absolute atomic E-state index is 10.6. The zero-order valence-electron chi connectivity index (χ0n) is 15.4. The monoisotopic (exact) mass is 381 g/mol. The van der Waals surface area contributed by atoms with Crippen LogP contribution in [0.5, 0.6) is 5.75 Å². The number of hydrogen-bond acceptors (Lipinski definition) is 4. The van der Waals surface area contributed by atoms with E-state index in [0.717, 1.165) is 28.9 Å². The molecule has 0 aromatic heterocycles. The number of phenolic OH excluding ortho intramolecular Hbond substituents is 1. The van der Waals surface area contributed by atoms with Crippen LogP contribution >= 0.6 is 12.4 Å². The minimum absolute atomic E-state index is 0. The first-order valence-corrected chi connectivity index (χ1v) is 9.78. The van der Waals surface area contributed by atoms with E-state index in [4.69, 9.17) is 5.73 Å². The lowest BCUT2D eigenvalue weighted by atomic mass is 9.48. The fourth-order valence-electron chi connectivity index (χ4n) is 6.21. The predicted molar refractivity (Wildman–Crippen MR) is 105 cm³/mol. The Hall–Kier alpha value is -0.810. The van der Waals surface area contributed by atoms with Crippen molar-refractivity contribution < 1.29 is 15.3 Å². The molecule has 0 radical (unpaired) electrons. The summed E-state index contributed by atoms with van der Waals surface area (Å²) in [5.41, 5.74) is 7.52. The number of aromatic hydroxyl groups is 1. The lowest BCUT2D eigenvalue weighted by molar-refractivity contribution is -0.00617. The van der Waals surface area contributed by atoms with Gasteiger partial charge in [-0.2, -0.15) is 0 Å². The van der Waals surface area contributed by atoms with E-state index in [1.807, 2.05) is 12.1 Å². The zero-order chi connectivity index (χ0) is 17.7. The molecular weight excluding hydrogens is 350 g/mol. The van der Waals surface area contributed by atoms with Crippen molar-refractivity contribution >= 4 is 12.4 Å². The van der Waals surface area contributed by atoms with Crippen LogP contribution in [0.4, 0.5) is 0 Å². The van der Waals surface area contributed by atoms with Gasteiger partial charge in [-0.3, -0.25) is 0 Å². The molecule has 4 nitrogen and oxygen atoms in total. The summed E-state index contributed by atoms with van der Waals surface area (Å²) in [6, 6.07) is 5.96. The molecule has 4 saturated carbocycles.